The van der Waals surface area contributed by atoms with Crippen LogP contribution in [-0.4, -0.2) is 30.5 Å². The molecule has 1 unspecified atom stereocenters. The lowest BCUT2D eigenvalue weighted by molar-refractivity contribution is -0.132. The molecule has 3 aromatic carbocycles. The van der Waals surface area contributed by atoms with Gasteiger partial charge in [0.25, 0.3) is 11.7 Å². The minimum absolute atomic E-state index is 0.103. The summed E-state index contributed by atoms with van der Waals surface area (Å²) in [5.74, 6) is -1.58. The number of ketones is 1. The summed E-state index contributed by atoms with van der Waals surface area (Å²) < 4.78 is 24.9. The van der Waals surface area contributed by atoms with Gasteiger partial charge < -0.3 is 14.6 Å². The third-order valence-electron chi connectivity index (χ3n) is 6.02. The average molecular weight is 480 g/mol. The number of carbonyl (C=O) groups is 2. The first-order valence-electron chi connectivity index (χ1n) is 10.6. The third-order valence-corrected chi connectivity index (χ3v) is 6.31. The van der Waals surface area contributed by atoms with E-state index in [0.29, 0.717) is 29.9 Å². The van der Waals surface area contributed by atoms with Crippen molar-refractivity contribution in [2.45, 2.75) is 12.5 Å². The van der Waals surface area contributed by atoms with Crippen LogP contribution in [0.5, 0.6) is 11.5 Å². The molecule has 3 aromatic rings. The van der Waals surface area contributed by atoms with Crippen LogP contribution in [0.1, 0.15) is 22.7 Å². The van der Waals surface area contributed by atoms with Crippen molar-refractivity contribution in [1.82, 2.24) is 0 Å². The Morgan fingerprint density at radius 2 is 1.94 bits per heavy atom. The first-order chi connectivity index (χ1) is 16.4. The lowest BCUT2D eigenvalue weighted by atomic mass is 9.94. The molecule has 0 radical (unpaired) electrons. The number of ether oxygens (including phenoxy) is 2. The number of halogens is 2. The number of carbonyl (C=O) groups excluding carboxylic acids is 2. The van der Waals surface area contributed by atoms with Crippen LogP contribution < -0.4 is 14.4 Å². The molecule has 1 saturated heterocycles. The summed E-state index contributed by atoms with van der Waals surface area (Å²) in [4.78, 5) is 27.7. The summed E-state index contributed by atoms with van der Waals surface area (Å²) in [5, 5.41) is 11.1. The standard InChI is InChI=1S/C26H19ClFNO5/c1-33-21-5-3-2-4-17(21)23-22(24(30)15-6-9-20-14(12-15)10-11-34-20)25(31)26(32)29(23)16-7-8-19(28)18(27)13-16/h2-9,12-13,23,30H,10-11H2,1H3/b24-22+. The number of Topliss-reactive ketones (excluding diaryl/α,β-unsaturated/α-hetero) is 1. The number of rotatable bonds is 4. The number of aliphatic hydroxyl groups is 1. The molecule has 8 heteroatoms. The number of anilines is 1. The van der Waals surface area contributed by atoms with Gasteiger partial charge in [0.1, 0.15) is 23.1 Å². The van der Waals surface area contributed by atoms with Crippen molar-refractivity contribution < 1.29 is 28.6 Å². The molecule has 0 spiro atoms. The molecule has 0 saturated carbocycles. The fourth-order valence-corrected chi connectivity index (χ4v) is 4.58. The van der Waals surface area contributed by atoms with Gasteiger partial charge in [-0.3, -0.25) is 14.5 Å². The highest BCUT2D eigenvalue weighted by Gasteiger charge is 2.48. The lowest BCUT2D eigenvalue weighted by Crippen LogP contribution is -2.29. The van der Waals surface area contributed by atoms with E-state index in [2.05, 4.69) is 0 Å². The van der Waals surface area contributed by atoms with Gasteiger partial charge in [-0.1, -0.05) is 29.8 Å². The molecule has 34 heavy (non-hydrogen) atoms. The second kappa shape index (κ2) is 8.50. The van der Waals surface area contributed by atoms with Crippen LogP contribution in [-0.2, 0) is 16.0 Å². The number of amides is 1. The number of hydrogen-bond acceptors (Lipinski definition) is 5. The number of nitrogens with zero attached hydrogens (tertiary/aromatic N) is 1. The maximum Gasteiger partial charge on any atom is 0.300 e. The van der Waals surface area contributed by atoms with Crippen molar-refractivity contribution in [3.8, 4) is 11.5 Å². The Balaban J connectivity index is 1.74. The molecule has 0 aliphatic carbocycles. The number of benzene rings is 3. The van der Waals surface area contributed by atoms with Crippen molar-refractivity contribution >= 4 is 34.7 Å². The van der Waals surface area contributed by atoms with Crippen molar-refractivity contribution in [1.29, 1.82) is 0 Å². The van der Waals surface area contributed by atoms with Crippen molar-refractivity contribution in [3.63, 3.8) is 0 Å². The second-order valence-electron chi connectivity index (χ2n) is 7.93. The Labute approximate surface area is 199 Å². The molecule has 0 bridgehead atoms. The monoisotopic (exact) mass is 479 g/mol. The molecule has 172 valence electrons. The van der Waals surface area contributed by atoms with Gasteiger partial charge in [-0.2, -0.15) is 0 Å². The van der Waals surface area contributed by atoms with Crippen LogP contribution in [0.2, 0.25) is 5.02 Å². The Morgan fingerprint density at radius 3 is 2.71 bits per heavy atom. The van der Waals surface area contributed by atoms with Crippen molar-refractivity contribution in [2.75, 3.05) is 18.6 Å². The quantitative estimate of drug-likeness (QED) is 0.322. The van der Waals surface area contributed by atoms with E-state index < -0.39 is 23.5 Å². The Kier molecular flexibility index (Phi) is 5.49. The number of fused-ring (bicyclic) bond motifs is 1. The molecule has 0 aromatic heterocycles. The maximum atomic E-state index is 13.9. The number of methoxy groups -OCH3 is 1. The fourth-order valence-electron chi connectivity index (χ4n) is 4.41. The van der Waals surface area contributed by atoms with Gasteiger partial charge in [-0.05, 0) is 48.0 Å². The van der Waals surface area contributed by atoms with Crippen molar-refractivity contribution in [2.24, 2.45) is 0 Å². The molecular weight excluding hydrogens is 461 g/mol. The summed E-state index contributed by atoms with van der Waals surface area (Å²) in [6, 6.07) is 14.7. The number of para-hydroxylation sites is 1. The van der Waals surface area contributed by atoms with E-state index in [1.807, 2.05) is 0 Å². The fraction of sp³-hybridized carbons (Fsp3) is 0.154. The van der Waals surface area contributed by atoms with Crippen LogP contribution in [0, 0.1) is 5.82 Å². The topological polar surface area (TPSA) is 76.1 Å². The van der Waals surface area contributed by atoms with E-state index in [0.717, 1.165) is 17.4 Å². The van der Waals surface area contributed by atoms with Crippen LogP contribution in [0.3, 0.4) is 0 Å². The molecule has 1 N–H and O–H groups in total. The summed E-state index contributed by atoms with van der Waals surface area (Å²) >= 11 is 5.98. The molecule has 2 aliphatic heterocycles. The molecular formula is C26H19ClFNO5. The minimum atomic E-state index is -1.03. The molecule has 5 rings (SSSR count). The molecule has 6 nitrogen and oxygen atoms in total. The smallest absolute Gasteiger partial charge is 0.300 e. The predicted molar refractivity (Wildman–Crippen MR) is 125 cm³/mol. The van der Waals surface area contributed by atoms with Gasteiger partial charge in [0.2, 0.25) is 0 Å². The van der Waals surface area contributed by atoms with Crippen molar-refractivity contribution in [3.05, 3.63) is 93.8 Å². The number of aliphatic hydroxyl groups excluding tert-OH is 1. The molecule has 1 atom stereocenters. The average Bonchev–Trinajstić information content (AvgIpc) is 3.42. The Hall–Kier alpha value is -3.84. The largest absolute Gasteiger partial charge is 0.507 e. The molecule has 1 amide bonds. The third kappa shape index (κ3) is 3.49. The van der Waals surface area contributed by atoms with E-state index >= 15 is 0 Å². The summed E-state index contributed by atoms with van der Waals surface area (Å²) in [6.07, 6.45) is 0.675. The zero-order valence-electron chi connectivity index (χ0n) is 18.0. The Bertz CT molecular complexity index is 1370. The van der Waals surface area contributed by atoms with Crippen LogP contribution in [0.15, 0.2) is 66.2 Å². The number of hydrogen-bond donors (Lipinski definition) is 1. The second-order valence-corrected chi connectivity index (χ2v) is 8.34. The van der Waals surface area contributed by atoms with Gasteiger partial charge in [0, 0.05) is 23.2 Å². The van der Waals surface area contributed by atoms with E-state index in [1.165, 1.54) is 24.1 Å². The zero-order chi connectivity index (χ0) is 24.0. The van der Waals surface area contributed by atoms with E-state index in [-0.39, 0.29) is 22.0 Å². The van der Waals surface area contributed by atoms with E-state index in [1.54, 1.807) is 42.5 Å². The SMILES string of the molecule is COc1ccccc1C1/C(=C(\O)c2ccc3c(c2)CCO3)C(=O)C(=O)N1c1ccc(F)c(Cl)c1. The Morgan fingerprint density at radius 1 is 1.15 bits per heavy atom. The van der Waals surface area contributed by atoms with E-state index in [9.17, 15) is 19.1 Å². The minimum Gasteiger partial charge on any atom is -0.507 e. The van der Waals surface area contributed by atoms with Crippen LogP contribution in [0.25, 0.3) is 5.76 Å². The maximum absolute atomic E-state index is 13.9. The van der Waals surface area contributed by atoms with Gasteiger partial charge in [0.05, 0.1) is 30.4 Å². The highest BCUT2D eigenvalue weighted by Crippen LogP contribution is 2.45. The first-order valence-corrected chi connectivity index (χ1v) is 10.9. The summed E-state index contributed by atoms with van der Waals surface area (Å²) in [7, 11) is 1.47. The predicted octanol–water partition coefficient (Wildman–Crippen LogP) is 5.05. The van der Waals surface area contributed by atoms with Crippen LogP contribution in [0.4, 0.5) is 10.1 Å². The normalized spacial score (nSPS) is 18.7. The molecule has 1 fully saturated rings. The molecule has 2 heterocycles. The highest BCUT2D eigenvalue weighted by molar-refractivity contribution is 6.52. The van der Waals surface area contributed by atoms with Gasteiger partial charge in [0.15, 0.2) is 0 Å². The zero-order valence-corrected chi connectivity index (χ0v) is 18.8. The summed E-state index contributed by atoms with van der Waals surface area (Å²) in [6.45, 7) is 0.538. The lowest BCUT2D eigenvalue weighted by Gasteiger charge is -2.26. The summed E-state index contributed by atoms with van der Waals surface area (Å²) in [5.41, 5.74) is 1.88. The van der Waals surface area contributed by atoms with Gasteiger partial charge in [-0.15, -0.1) is 0 Å². The highest BCUT2D eigenvalue weighted by atomic mass is 35.5. The van der Waals surface area contributed by atoms with Gasteiger partial charge >= 0.3 is 0 Å². The van der Waals surface area contributed by atoms with Gasteiger partial charge in [-0.25, -0.2) is 4.39 Å². The first kappa shape index (κ1) is 22.0. The van der Waals surface area contributed by atoms with E-state index in [4.69, 9.17) is 21.1 Å². The molecule has 2 aliphatic rings. The van der Waals surface area contributed by atoms with Crippen LogP contribution >= 0.6 is 11.6 Å².